The van der Waals surface area contributed by atoms with Crippen molar-refractivity contribution in [2.45, 2.75) is 45.3 Å². The Hall–Kier alpha value is -3.64. The van der Waals surface area contributed by atoms with Crippen LogP contribution in [0.2, 0.25) is 0 Å². The van der Waals surface area contributed by atoms with Crippen LogP contribution in [0.5, 0.6) is 5.75 Å². The second kappa shape index (κ2) is 9.55. The summed E-state index contributed by atoms with van der Waals surface area (Å²) >= 11 is 0. The van der Waals surface area contributed by atoms with E-state index >= 15 is 0 Å². The molecule has 0 bridgehead atoms. The third kappa shape index (κ3) is 5.08. The fourth-order valence-electron chi connectivity index (χ4n) is 4.72. The highest BCUT2D eigenvalue weighted by molar-refractivity contribution is 6.06. The van der Waals surface area contributed by atoms with E-state index in [1.165, 1.54) is 19.3 Å². The number of fused-ring (bicyclic) bond motifs is 1. The highest BCUT2D eigenvalue weighted by atomic mass is 16.5. The van der Waals surface area contributed by atoms with Gasteiger partial charge in [-0.1, -0.05) is 42.8 Å². The van der Waals surface area contributed by atoms with E-state index < -0.39 is 5.60 Å². The van der Waals surface area contributed by atoms with Crippen LogP contribution in [0.15, 0.2) is 66.7 Å². The minimum absolute atomic E-state index is 0.187. The molecular weight excluding hydrogens is 438 g/mol. The zero-order valence-electron chi connectivity index (χ0n) is 20.3. The van der Waals surface area contributed by atoms with Crippen LogP contribution < -0.4 is 15.4 Å². The van der Waals surface area contributed by atoms with Crippen molar-refractivity contribution in [3.05, 3.63) is 77.9 Å². The molecule has 0 atom stereocenters. The van der Waals surface area contributed by atoms with Crippen LogP contribution in [-0.4, -0.2) is 35.4 Å². The first-order chi connectivity index (χ1) is 16.9. The Morgan fingerprint density at radius 3 is 2.54 bits per heavy atom. The van der Waals surface area contributed by atoms with Crippen LogP contribution in [0.25, 0.3) is 11.1 Å². The van der Waals surface area contributed by atoms with E-state index in [1.807, 2.05) is 36.4 Å². The summed E-state index contributed by atoms with van der Waals surface area (Å²) in [4.78, 5) is 27.9. The number of nitrogens with one attached hydrogen (secondary N) is 2. The van der Waals surface area contributed by atoms with Gasteiger partial charge in [0.2, 0.25) is 0 Å². The van der Waals surface area contributed by atoms with Gasteiger partial charge in [0.05, 0.1) is 5.69 Å². The number of ether oxygens (including phenoxy) is 1. The van der Waals surface area contributed by atoms with E-state index in [1.54, 1.807) is 32.0 Å². The van der Waals surface area contributed by atoms with E-state index in [0.717, 1.165) is 36.3 Å². The molecule has 3 aromatic rings. The number of hydrogen-bond acceptors (Lipinski definition) is 4. The molecule has 2 amide bonds. The summed E-state index contributed by atoms with van der Waals surface area (Å²) in [5.74, 6) is 0.184. The maximum atomic E-state index is 13.2. The summed E-state index contributed by atoms with van der Waals surface area (Å²) in [5.41, 5.74) is 4.29. The number of amides is 2. The number of nitrogens with zero attached hydrogens (tertiary/aromatic N) is 1. The van der Waals surface area contributed by atoms with Crippen molar-refractivity contribution < 1.29 is 14.3 Å². The Morgan fingerprint density at radius 1 is 1.00 bits per heavy atom. The molecule has 2 heterocycles. The van der Waals surface area contributed by atoms with Crippen LogP contribution in [0.4, 0.5) is 11.4 Å². The normalized spacial score (nSPS) is 17.1. The summed E-state index contributed by atoms with van der Waals surface area (Å²) in [5, 5.41) is 5.84. The predicted octanol–water partition coefficient (Wildman–Crippen LogP) is 5.70. The van der Waals surface area contributed by atoms with E-state index in [0.29, 0.717) is 22.7 Å². The van der Waals surface area contributed by atoms with Gasteiger partial charge in [-0.05, 0) is 86.8 Å². The topological polar surface area (TPSA) is 70.7 Å². The molecule has 1 saturated heterocycles. The molecule has 0 spiro atoms. The van der Waals surface area contributed by atoms with Gasteiger partial charge in [-0.2, -0.15) is 0 Å². The quantitative estimate of drug-likeness (QED) is 0.503. The number of likely N-dealkylation sites (tertiary alicyclic amines) is 1. The Morgan fingerprint density at radius 2 is 1.77 bits per heavy atom. The van der Waals surface area contributed by atoms with Gasteiger partial charge in [0, 0.05) is 17.8 Å². The monoisotopic (exact) mass is 469 g/mol. The second-order valence-electron chi connectivity index (χ2n) is 9.81. The lowest BCUT2D eigenvalue weighted by Gasteiger charge is -2.31. The number of carbonyl (C=O) groups is 2. The lowest BCUT2D eigenvalue weighted by atomic mass is 9.96. The van der Waals surface area contributed by atoms with E-state index in [-0.39, 0.29) is 11.8 Å². The zero-order valence-corrected chi connectivity index (χ0v) is 20.3. The lowest BCUT2D eigenvalue weighted by molar-refractivity contribution is -0.129. The fraction of sp³-hybridized carbons (Fsp3) is 0.310. The van der Waals surface area contributed by atoms with Gasteiger partial charge in [-0.15, -0.1) is 0 Å². The smallest absolute Gasteiger partial charge is 0.268 e. The summed E-state index contributed by atoms with van der Waals surface area (Å²) in [6.07, 6.45) is 3.72. The number of benzene rings is 3. The molecule has 5 rings (SSSR count). The van der Waals surface area contributed by atoms with Gasteiger partial charge < -0.3 is 15.4 Å². The summed E-state index contributed by atoms with van der Waals surface area (Å²) in [6, 6.07) is 21.5. The molecule has 6 heteroatoms. The molecule has 180 valence electrons. The number of hydrogen-bond donors (Lipinski definition) is 2. The van der Waals surface area contributed by atoms with Crippen LogP contribution in [-0.2, 0) is 11.3 Å². The number of rotatable bonds is 5. The van der Waals surface area contributed by atoms with Gasteiger partial charge in [0.15, 0.2) is 5.60 Å². The fourth-order valence-corrected chi connectivity index (χ4v) is 4.72. The van der Waals surface area contributed by atoms with Gasteiger partial charge in [0.25, 0.3) is 11.8 Å². The molecule has 0 radical (unpaired) electrons. The average molecular weight is 470 g/mol. The minimum Gasteiger partial charge on any atom is -0.476 e. The third-order valence-corrected chi connectivity index (χ3v) is 6.69. The van der Waals surface area contributed by atoms with Crippen molar-refractivity contribution in [2.24, 2.45) is 0 Å². The van der Waals surface area contributed by atoms with Crippen molar-refractivity contribution >= 4 is 23.2 Å². The third-order valence-electron chi connectivity index (χ3n) is 6.69. The summed E-state index contributed by atoms with van der Waals surface area (Å²) in [7, 11) is 0. The molecule has 35 heavy (non-hydrogen) atoms. The molecule has 2 N–H and O–H groups in total. The van der Waals surface area contributed by atoms with Crippen molar-refractivity contribution in [2.75, 3.05) is 23.7 Å². The molecule has 2 aliphatic rings. The molecule has 3 aromatic carbocycles. The van der Waals surface area contributed by atoms with E-state index in [2.05, 4.69) is 27.7 Å². The zero-order chi connectivity index (χ0) is 24.4. The molecule has 0 saturated carbocycles. The SMILES string of the molecule is CC1(C)Oc2ccc(NC(=O)c3ccc(-c4ccccc4)c(CN4CCCCC4)c3)cc2NC1=O. The highest BCUT2D eigenvalue weighted by Crippen LogP contribution is 2.35. The largest absolute Gasteiger partial charge is 0.476 e. The molecule has 1 fully saturated rings. The van der Waals surface area contributed by atoms with Crippen LogP contribution in [0.3, 0.4) is 0 Å². The second-order valence-corrected chi connectivity index (χ2v) is 9.81. The average Bonchev–Trinajstić information content (AvgIpc) is 2.86. The number of piperidine rings is 1. The number of carbonyl (C=O) groups excluding carboxylic acids is 2. The molecule has 0 aliphatic carbocycles. The minimum atomic E-state index is -0.928. The Kier molecular flexibility index (Phi) is 6.31. The Bertz CT molecular complexity index is 1250. The van der Waals surface area contributed by atoms with Crippen molar-refractivity contribution in [1.82, 2.24) is 4.90 Å². The molecule has 6 nitrogen and oxygen atoms in total. The highest BCUT2D eigenvalue weighted by Gasteiger charge is 2.35. The van der Waals surface area contributed by atoms with Crippen molar-refractivity contribution in [1.29, 1.82) is 0 Å². The van der Waals surface area contributed by atoms with Gasteiger partial charge in [-0.25, -0.2) is 0 Å². The van der Waals surface area contributed by atoms with Gasteiger partial charge in [-0.3, -0.25) is 14.5 Å². The first-order valence-electron chi connectivity index (χ1n) is 12.3. The van der Waals surface area contributed by atoms with Gasteiger partial charge >= 0.3 is 0 Å². The molecule has 2 aliphatic heterocycles. The number of anilines is 2. The van der Waals surface area contributed by atoms with Crippen molar-refractivity contribution in [3.8, 4) is 16.9 Å². The van der Waals surface area contributed by atoms with E-state index in [4.69, 9.17) is 4.74 Å². The van der Waals surface area contributed by atoms with E-state index in [9.17, 15) is 9.59 Å². The predicted molar refractivity (Wildman–Crippen MR) is 139 cm³/mol. The molecular formula is C29H31N3O3. The first-order valence-corrected chi connectivity index (χ1v) is 12.3. The van der Waals surface area contributed by atoms with Crippen LogP contribution in [0.1, 0.15) is 49.0 Å². The summed E-state index contributed by atoms with van der Waals surface area (Å²) < 4.78 is 5.79. The molecule has 0 aromatic heterocycles. The van der Waals surface area contributed by atoms with Gasteiger partial charge in [0.1, 0.15) is 5.75 Å². The standard InChI is InChI=1S/C29H31N3O3/c1-29(2)28(34)31-25-18-23(12-14-26(25)35-29)30-27(33)21-11-13-24(20-9-5-3-6-10-20)22(17-21)19-32-15-7-4-8-16-32/h3,5-6,9-14,17-18H,4,7-8,15-16,19H2,1-2H3,(H,30,33)(H,31,34). The Labute approximate surface area is 206 Å². The lowest BCUT2D eigenvalue weighted by Crippen LogP contribution is -2.45. The first kappa shape index (κ1) is 23.1. The maximum absolute atomic E-state index is 13.2. The molecule has 0 unspecified atom stereocenters. The Balaban J connectivity index is 1.39. The summed E-state index contributed by atoms with van der Waals surface area (Å²) in [6.45, 7) is 6.45. The van der Waals surface area contributed by atoms with Crippen LogP contribution >= 0.6 is 0 Å². The maximum Gasteiger partial charge on any atom is 0.268 e. The van der Waals surface area contributed by atoms with Crippen LogP contribution in [0, 0.1) is 0 Å². The van der Waals surface area contributed by atoms with Crippen molar-refractivity contribution in [3.63, 3.8) is 0 Å².